The summed E-state index contributed by atoms with van der Waals surface area (Å²) in [6, 6.07) is 1.85. The lowest BCUT2D eigenvalue weighted by Gasteiger charge is -2.05. The number of carboxylic acid groups (broad SMARTS) is 1. The summed E-state index contributed by atoms with van der Waals surface area (Å²) in [5, 5.41) is 10.6. The van der Waals surface area contributed by atoms with Crippen molar-refractivity contribution < 1.29 is 14.7 Å². The van der Waals surface area contributed by atoms with Gasteiger partial charge in [-0.25, -0.2) is 4.98 Å². The molecule has 21 heavy (non-hydrogen) atoms. The van der Waals surface area contributed by atoms with Gasteiger partial charge >= 0.3 is 5.97 Å². The van der Waals surface area contributed by atoms with Crippen LogP contribution in [0, 0.1) is 0 Å². The van der Waals surface area contributed by atoms with Crippen LogP contribution in [0.15, 0.2) is 23.8 Å². The van der Waals surface area contributed by atoms with E-state index in [0.717, 1.165) is 24.2 Å². The van der Waals surface area contributed by atoms with Gasteiger partial charge in [0.2, 0.25) is 0 Å². The molecule has 0 unspecified atom stereocenters. The molecule has 0 bridgehead atoms. The van der Waals surface area contributed by atoms with Crippen molar-refractivity contribution in [2.24, 2.45) is 0 Å². The maximum absolute atomic E-state index is 11.9. The number of Topliss-reactive ketones (excluding diaryl/α,β-unsaturated/α-hetero) is 1. The third-order valence-corrected chi connectivity index (χ3v) is 4.14. The summed E-state index contributed by atoms with van der Waals surface area (Å²) in [6.07, 6.45) is 5.64. The van der Waals surface area contributed by atoms with E-state index < -0.39 is 5.97 Å². The van der Waals surface area contributed by atoms with Gasteiger partial charge in [0.05, 0.1) is 11.3 Å². The average molecular weight is 306 g/mol. The van der Waals surface area contributed by atoms with Gasteiger partial charge in [-0.1, -0.05) is 6.92 Å². The second kappa shape index (κ2) is 7.17. The lowest BCUT2D eigenvalue weighted by molar-refractivity contribution is -0.136. The Bertz CT molecular complexity index is 630. The molecule has 0 aliphatic rings. The summed E-state index contributed by atoms with van der Waals surface area (Å²) in [5.41, 5.74) is 1.05. The number of aryl methyl sites for hydroxylation is 1. The van der Waals surface area contributed by atoms with E-state index >= 15 is 0 Å². The van der Waals surface area contributed by atoms with Crippen LogP contribution >= 0.6 is 11.3 Å². The predicted molar refractivity (Wildman–Crippen MR) is 80.8 cm³/mol. The van der Waals surface area contributed by atoms with E-state index in [-0.39, 0.29) is 18.6 Å². The molecule has 0 radical (unpaired) electrons. The molecule has 2 aromatic heterocycles. The Morgan fingerprint density at radius 3 is 2.90 bits per heavy atom. The Morgan fingerprint density at radius 2 is 2.19 bits per heavy atom. The lowest BCUT2D eigenvalue weighted by atomic mass is 10.2. The average Bonchev–Trinajstić information content (AvgIpc) is 3.07. The van der Waals surface area contributed by atoms with Gasteiger partial charge in [-0.15, -0.1) is 11.3 Å². The summed E-state index contributed by atoms with van der Waals surface area (Å²) in [4.78, 5) is 27.3. The molecule has 1 N–H and O–H groups in total. The highest BCUT2D eigenvalue weighted by Crippen LogP contribution is 2.19. The fourth-order valence-electron chi connectivity index (χ4n) is 2.08. The zero-order chi connectivity index (χ0) is 15.2. The quantitative estimate of drug-likeness (QED) is 0.761. The number of aromatic nitrogens is 2. The molecule has 0 aliphatic carbocycles. The Labute approximate surface area is 127 Å². The van der Waals surface area contributed by atoms with E-state index in [0.29, 0.717) is 11.4 Å². The Morgan fingerprint density at radius 1 is 1.38 bits per heavy atom. The maximum Gasteiger partial charge on any atom is 0.303 e. The van der Waals surface area contributed by atoms with E-state index in [9.17, 15) is 9.59 Å². The third kappa shape index (κ3) is 4.26. The number of aliphatic carboxylic acids is 1. The van der Waals surface area contributed by atoms with E-state index in [1.807, 2.05) is 17.6 Å². The van der Waals surface area contributed by atoms with Crippen molar-refractivity contribution >= 4 is 23.1 Å². The van der Waals surface area contributed by atoms with Gasteiger partial charge in [0.1, 0.15) is 5.82 Å². The minimum atomic E-state index is -0.942. The third-order valence-electron chi connectivity index (χ3n) is 3.12. The van der Waals surface area contributed by atoms with Crippen LogP contribution in [0.25, 0.3) is 0 Å². The summed E-state index contributed by atoms with van der Waals surface area (Å²) in [6.45, 7) is 2.81. The van der Waals surface area contributed by atoms with Crippen molar-refractivity contribution in [3.05, 3.63) is 40.1 Å². The monoisotopic (exact) mass is 306 g/mol. The SMILES string of the molecule is CCCc1nccn1Cc1csc(C(=O)CCC(=O)O)c1. The number of thiophene rings is 1. The van der Waals surface area contributed by atoms with Crippen molar-refractivity contribution in [3.8, 4) is 0 Å². The van der Waals surface area contributed by atoms with Crippen LogP contribution in [0.1, 0.15) is 47.2 Å². The Kier molecular flexibility index (Phi) is 5.27. The second-order valence-corrected chi connectivity index (χ2v) is 5.77. The molecule has 2 aromatic rings. The van der Waals surface area contributed by atoms with Gasteiger partial charge in [-0.05, 0) is 23.4 Å². The Balaban J connectivity index is 2.01. The molecule has 0 saturated carbocycles. The summed E-state index contributed by atoms with van der Waals surface area (Å²) in [7, 11) is 0. The fourth-order valence-corrected chi connectivity index (χ4v) is 2.95. The largest absolute Gasteiger partial charge is 0.481 e. The van der Waals surface area contributed by atoms with Gasteiger partial charge in [-0.2, -0.15) is 0 Å². The number of carboxylic acids is 1. The summed E-state index contributed by atoms with van der Waals surface area (Å²) < 4.78 is 2.08. The lowest BCUT2D eigenvalue weighted by Crippen LogP contribution is -2.04. The number of hydrogen-bond acceptors (Lipinski definition) is 4. The number of nitrogens with zero attached hydrogens (tertiary/aromatic N) is 2. The smallest absolute Gasteiger partial charge is 0.303 e. The number of carbonyl (C=O) groups is 2. The molecule has 2 heterocycles. The molecule has 0 spiro atoms. The van der Waals surface area contributed by atoms with E-state index in [1.165, 1.54) is 11.3 Å². The standard InChI is InChI=1S/C15H18N2O3S/c1-2-3-14-16-6-7-17(14)9-11-8-13(21-10-11)12(18)4-5-15(19)20/h6-8,10H,2-5,9H2,1H3,(H,19,20). The highest BCUT2D eigenvalue weighted by Gasteiger charge is 2.12. The van der Waals surface area contributed by atoms with Crippen LogP contribution in [-0.4, -0.2) is 26.4 Å². The number of imidazole rings is 1. The van der Waals surface area contributed by atoms with Gasteiger partial charge < -0.3 is 9.67 Å². The first-order valence-corrected chi connectivity index (χ1v) is 7.80. The molecule has 0 amide bonds. The maximum atomic E-state index is 11.9. The number of carbonyl (C=O) groups excluding carboxylic acids is 1. The number of ketones is 1. The highest BCUT2D eigenvalue weighted by molar-refractivity contribution is 7.12. The van der Waals surface area contributed by atoms with Gasteiger partial charge in [0.15, 0.2) is 5.78 Å². The first-order valence-electron chi connectivity index (χ1n) is 6.92. The molecule has 2 rings (SSSR count). The zero-order valence-electron chi connectivity index (χ0n) is 11.9. The summed E-state index contributed by atoms with van der Waals surface area (Å²) in [5.74, 6) is -0.00160. The van der Waals surface area contributed by atoms with Gasteiger partial charge in [-0.3, -0.25) is 9.59 Å². The fraction of sp³-hybridized carbons (Fsp3) is 0.400. The predicted octanol–water partition coefficient (Wildman–Crippen LogP) is 2.99. The molecule has 0 saturated heterocycles. The summed E-state index contributed by atoms with van der Waals surface area (Å²) >= 11 is 1.37. The molecule has 0 aliphatic heterocycles. The van der Waals surface area contributed by atoms with E-state index in [4.69, 9.17) is 5.11 Å². The molecular formula is C15H18N2O3S. The van der Waals surface area contributed by atoms with Crippen LogP contribution in [0.3, 0.4) is 0 Å². The second-order valence-electron chi connectivity index (χ2n) is 4.86. The molecular weight excluding hydrogens is 288 g/mol. The van der Waals surface area contributed by atoms with Crippen molar-refractivity contribution in [1.29, 1.82) is 0 Å². The van der Waals surface area contributed by atoms with Gasteiger partial charge in [0, 0.05) is 31.8 Å². The first kappa shape index (κ1) is 15.4. The van der Waals surface area contributed by atoms with Gasteiger partial charge in [0.25, 0.3) is 0 Å². The van der Waals surface area contributed by atoms with Crippen LogP contribution < -0.4 is 0 Å². The van der Waals surface area contributed by atoms with Crippen molar-refractivity contribution in [1.82, 2.24) is 9.55 Å². The number of hydrogen-bond donors (Lipinski definition) is 1. The topological polar surface area (TPSA) is 72.2 Å². The molecule has 0 fully saturated rings. The van der Waals surface area contributed by atoms with Crippen LogP contribution in [-0.2, 0) is 17.8 Å². The van der Waals surface area contributed by atoms with Crippen LogP contribution in [0.5, 0.6) is 0 Å². The zero-order valence-corrected chi connectivity index (χ0v) is 12.7. The first-order chi connectivity index (χ1) is 10.1. The molecule has 0 atom stereocenters. The van der Waals surface area contributed by atoms with Crippen molar-refractivity contribution in [3.63, 3.8) is 0 Å². The minimum Gasteiger partial charge on any atom is -0.481 e. The molecule has 5 nitrogen and oxygen atoms in total. The van der Waals surface area contributed by atoms with Crippen molar-refractivity contribution in [2.45, 2.75) is 39.2 Å². The van der Waals surface area contributed by atoms with Crippen LogP contribution in [0.4, 0.5) is 0 Å². The van der Waals surface area contributed by atoms with E-state index in [2.05, 4.69) is 16.5 Å². The molecule has 112 valence electrons. The minimum absolute atomic E-state index is 0.0570. The van der Waals surface area contributed by atoms with E-state index in [1.54, 1.807) is 6.20 Å². The molecule has 6 heteroatoms. The van der Waals surface area contributed by atoms with Crippen molar-refractivity contribution in [2.75, 3.05) is 0 Å². The molecule has 0 aromatic carbocycles. The highest BCUT2D eigenvalue weighted by atomic mass is 32.1. The number of rotatable bonds is 8. The Hall–Kier alpha value is -1.95. The van der Waals surface area contributed by atoms with Crippen LogP contribution in [0.2, 0.25) is 0 Å². The normalized spacial score (nSPS) is 10.7.